The van der Waals surface area contributed by atoms with E-state index in [0.717, 1.165) is 63.3 Å². The molecule has 1 atom stereocenters. The molecule has 0 saturated carbocycles. The number of allylic oxidation sites excluding steroid dienone is 4. The molecule has 0 spiro atoms. The van der Waals surface area contributed by atoms with Crippen LogP contribution in [0.2, 0.25) is 0 Å². The van der Waals surface area contributed by atoms with Crippen LogP contribution >= 0.6 is 7.14 Å². The maximum absolute atomic E-state index is 14.4. The molecule has 1 aliphatic rings. The standard InChI is InChI=1S/C28H33OP/c1-7-18-30(29,26-16-12-9-13-17-26)24(6)28-21(3)19-20(2)27(23(28)5)22(4)25-14-10-8-11-15-25/h8,10-12,14-17,19H,4,6-7,9,13,18H2,1-3,5H3. The first-order chi connectivity index (χ1) is 14.3. The van der Waals surface area contributed by atoms with Gasteiger partial charge in [0.05, 0.1) is 0 Å². The average Bonchev–Trinajstić information content (AvgIpc) is 2.74. The Morgan fingerprint density at radius 2 is 1.67 bits per heavy atom. The van der Waals surface area contributed by atoms with Crippen molar-refractivity contribution in [1.82, 2.24) is 0 Å². The molecule has 0 heterocycles. The molecule has 2 aromatic carbocycles. The molecule has 30 heavy (non-hydrogen) atoms. The predicted molar refractivity (Wildman–Crippen MR) is 133 cm³/mol. The Morgan fingerprint density at radius 3 is 2.27 bits per heavy atom. The number of rotatable bonds is 7. The fourth-order valence-electron chi connectivity index (χ4n) is 4.66. The molecule has 0 saturated heterocycles. The number of benzene rings is 2. The topological polar surface area (TPSA) is 17.1 Å². The van der Waals surface area contributed by atoms with Crippen LogP contribution in [0.5, 0.6) is 0 Å². The maximum atomic E-state index is 14.4. The average molecular weight is 417 g/mol. The minimum absolute atomic E-state index is 0.656. The van der Waals surface area contributed by atoms with Crippen LogP contribution in [0.25, 0.3) is 10.9 Å². The van der Waals surface area contributed by atoms with Crippen LogP contribution in [0.1, 0.15) is 59.6 Å². The Morgan fingerprint density at radius 1 is 1.00 bits per heavy atom. The molecule has 156 valence electrons. The lowest BCUT2D eigenvalue weighted by Crippen LogP contribution is -2.04. The fourth-order valence-corrected chi connectivity index (χ4v) is 7.61. The van der Waals surface area contributed by atoms with Crippen molar-refractivity contribution < 1.29 is 4.57 Å². The Hall–Kier alpha value is -2.37. The SMILES string of the molecule is C=C(c1ccccc1)c1c(C)cc(C)c(C(=C)P(=O)(CCC)C2=CCCC=C2)c1C. The Bertz CT molecular complexity index is 1080. The van der Waals surface area contributed by atoms with Crippen molar-refractivity contribution in [3.63, 3.8) is 0 Å². The first-order valence-electron chi connectivity index (χ1n) is 10.8. The number of hydrogen-bond donors (Lipinski definition) is 0. The lowest BCUT2D eigenvalue weighted by molar-refractivity contribution is 0.585. The second kappa shape index (κ2) is 9.19. The Labute approximate surface area is 182 Å². The highest BCUT2D eigenvalue weighted by Crippen LogP contribution is 2.66. The molecule has 1 nitrogen and oxygen atoms in total. The summed E-state index contributed by atoms with van der Waals surface area (Å²) in [6.07, 6.45) is 9.86. The van der Waals surface area contributed by atoms with Crippen LogP contribution in [0.4, 0.5) is 0 Å². The van der Waals surface area contributed by atoms with Crippen LogP contribution in [-0.2, 0) is 4.57 Å². The second-order valence-electron chi connectivity index (χ2n) is 8.25. The molecular weight excluding hydrogens is 383 g/mol. The summed E-state index contributed by atoms with van der Waals surface area (Å²) in [5, 5.41) is 1.77. The molecule has 3 rings (SSSR count). The zero-order valence-electron chi connectivity index (χ0n) is 18.8. The molecule has 0 aromatic heterocycles. The van der Waals surface area contributed by atoms with Crippen molar-refractivity contribution in [2.24, 2.45) is 0 Å². The largest absolute Gasteiger partial charge is 0.314 e. The van der Waals surface area contributed by atoms with Crippen molar-refractivity contribution >= 4 is 18.0 Å². The van der Waals surface area contributed by atoms with Gasteiger partial charge in [0.2, 0.25) is 0 Å². The Balaban J connectivity index is 2.17. The zero-order chi connectivity index (χ0) is 21.9. The quantitative estimate of drug-likeness (QED) is 0.413. The highest BCUT2D eigenvalue weighted by atomic mass is 31.2. The van der Waals surface area contributed by atoms with E-state index in [-0.39, 0.29) is 0 Å². The van der Waals surface area contributed by atoms with E-state index in [1.165, 1.54) is 5.56 Å². The fraction of sp³-hybridized carbons (Fsp3) is 0.286. The second-order valence-corrected chi connectivity index (χ2v) is 11.2. The van der Waals surface area contributed by atoms with Gasteiger partial charge in [-0.2, -0.15) is 0 Å². The minimum atomic E-state index is -2.75. The summed E-state index contributed by atoms with van der Waals surface area (Å²) >= 11 is 0. The summed E-state index contributed by atoms with van der Waals surface area (Å²) in [5.74, 6) is 0. The molecule has 0 aliphatic heterocycles. The zero-order valence-corrected chi connectivity index (χ0v) is 19.7. The van der Waals surface area contributed by atoms with Gasteiger partial charge in [-0.3, -0.25) is 0 Å². The van der Waals surface area contributed by atoms with E-state index < -0.39 is 7.14 Å². The predicted octanol–water partition coefficient (Wildman–Crippen LogP) is 8.65. The van der Waals surface area contributed by atoms with Crippen molar-refractivity contribution in [1.29, 1.82) is 0 Å². The molecule has 0 fully saturated rings. The van der Waals surface area contributed by atoms with Gasteiger partial charge in [-0.15, -0.1) is 0 Å². The van der Waals surface area contributed by atoms with Crippen LogP contribution in [0.15, 0.2) is 73.1 Å². The molecule has 2 aromatic rings. The van der Waals surface area contributed by atoms with E-state index in [2.05, 4.69) is 77.3 Å². The third-order valence-corrected chi connectivity index (χ3v) is 9.39. The highest BCUT2D eigenvalue weighted by Gasteiger charge is 2.32. The Kier molecular flexibility index (Phi) is 6.84. The lowest BCUT2D eigenvalue weighted by atomic mass is 9.87. The van der Waals surface area contributed by atoms with Crippen molar-refractivity contribution in [3.05, 3.63) is 106 Å². The summed E-state index contributed by atoms with van der Waals surface area (Å²) < 4.78 is 14.4. The molecule has 0 radical (unpaired) electrons. The van der Waals surface area contributed by atoms with Gasteiger partial charge in [0.15, 0.2) is 0 Å². The van der Waals surface area contributed by atoms with Crippen molar-refractivity contribution in [3.8, 4) is 0 Å². The molecule has 0 bridgehead atoms. The number of aryl methyl sites for hydroxylation is 2. The monoisotopic (exact) mass is 416 g/mol. The van der Waals surface area contributed by atoms with Gasteiger partial charge >= 0.3 is 0 Å². The van der Waals surface area contributed by atoms with Gasteiger partial charge in [0.1, 0.15) is 7.14 Å². The summed E-state index contributed by atoms with van der Waals surface area (Å²) in [7, 11) is -2.75. The smallest absolute Gasteiger partial charge is 0.142 e. The van der Waals surface area contributed by atoms with Crippen molar-refractivity contribution in [2.75, 3.05) is 6.16 Å². The summed E-state index contributed by atoms with van der Waals surface area (Å²) in [4.78, 5) is 0. The highest BCUT2D eigenvalue weighted by molar-refractivity contribution is 7.78. The van der Waals surface area contributed by atoms with E-state index in [4.69, 9.17) is 0 Å². The summed E-state index contributed by atoms with van der Waals surface area (Å²) in [5.41, 5.74) is 7.75. The van der Waals surface area contributed by atoms with E-state index in [1.807, 2.05) is 18.2 Å². The summed E-state index contributed by atoms with van der Waals surface area (Å²) in [6.45, 7) is 17.3. The first-order valence-corrected chi connectivity index (χ1v) is 12.7. The number of hydrogen-bond acceptors (Lipinski definition) is 1. The van der Waals surface area contributed by atoms with Gasteiger partial charge in [0.25, 0.3) is 0 Å². The third kappa shape index (κ3) is 4.09. The molecule has 2 heteroatoms. The van der Waals surface area contributed by atoms with Crippen molar-refractivity contribution in [2.45, 2.75) is 47.0 Å². The van der Waals surface area contributed by atoms with Gasteiger partial charge < -0.3 is 4.57 Å². The molecule has 1 aliphatic carbocycles. The minimum Gasteiger partial charge on any atom is -0.314 e. The van der Waals surface area contributed by atoms with E-state index in [1.54, 1.807) is 0 Å². The molecule has 1 unspecified atom stereocenters. The van der Waals surface area contributed by atoms with Crippen LogP contribution in [0, 0.1) is 20.8 Å². The van der Waals surface area contributed by atoms with Crippen LogP contribution in [0.3, 0.4) is 0 Å². The van der Waals surface area contributed by atoms with E-state index in [9.17, 15) is 4.57 Å². The molecule has 0 amide bonds. The van der Waals surface area contributed by atoms with Gasteiger partial charge in [0, 0.05) is 16.8 Å². The van der Waals surface area contributed by atoms with Crippen LogP contribution < -0.4 is 0 Å². The van der Waals surface area contributed by atoms with E-state index in [0.29, 0.717) is 6.16 Å². The van der Waals surface area contributed by atoms with Crippen LogP contribution in [-0.4, -0.2) is 6.16 Å². The third-order valence-electron chi connectivity index (χ3n) is 6.05. The van der Waals surface area contributed by atoms with Gasteiger partial charge in [-0.05, 0) is 79.0 Å². The maximum Gasteiger partial charge on any atom is 0.142 e. The van der Waals surface area contributed by atoms with E-state index >= 15 is 0 Å². The normalized spacial score (nSPS) is 15.4. The van der Waals surface area contributed by atoms with Gasteiger partial charge in [-0.25, -0.2) is 0 Å². The molecule has 0 N–H and O–H groups in total. The lowest BCUT2D eigenvalue weighted by Gasteiger charge is -2.27. The van der Waals surface area contributed by atoms with Gasteiger partial charge in [-0.1, -0.05) is 74.7 Å². The summed E-state index contributed by atoms with van der Waals surface area (Å²) in [6, 6.07) is 12.5. The molecular formula is C28H33OP. The first kappa shape index (κ1) is 22.3.